The zero-order chi connectivity index (χ0) is 97.5. The molecule has 1 aliphatic rings. The number of hydrogen-bond donors (Lipinski definition) is 0. The molecule has 0 amide bonds. The van der Waals surface area contributed by atoms with Crippen LogP contribution in [0.15, 0.2) is 504 Å². The van der Waals surface area contributed by atoms with E-state index in [1.165, 1.54) is 153 Å². The minimum absolute atomic E-state index is 0. The maximum Gasteiger partial charge on any atom is 0.165 e. The van der Waals surface area contributed by atoms with Gasteiger partial charge in [-0.15, -0.1) is 0 Å². The van der Waals surface area contributed by atoms with Crippen LogP contribution in [0.4, 0.5) is 0 Å². The fourth-order valence-corrected chi connectivity index (χ4v) is 24.0. The van der Waals surface area contributed by atoms with Crippen LogP contribution in [0.5, 0.6) is 0 Å². The monoisotopic (exact) mass is 1900 g/mol. The van der Waals surface area contributed by atoms with Crippen LogP contribution in [0.3, 0.4) is 0 Å². The molecule has 30 rings (SSSR count). The third kappa shape index (κ3) is 14.3. The van der Waals surface area contributed by atoms with E-state index in [2.05, 4.69) is 498 Å². The molecule has 1 aliphatic carbocycles. The summed E-state index contributed by atoms with van der Waals surface area (Å²) in [6, 6.07) is 180. The SMILES string of the molecule is C.Cc1cc(-c2cccc3c2c2ccccc2n3-c2ccccc2)cc(-n2c3ccccc3c3cc(-c4cc(-c5nc(-c6ccccc6)cc(-c6ccccc6)n5)c5c6c(cccc46)CC=C5)ccc32)c1.c1ccc(-c2nc(-c3ccccc3)nc(-c3c4ccccc4c(-c4ccc5c(c4)c4ccccc4n5-c4c5ccccc5c(-c5cccc6c5c5ccccc5n6-c5ccccc5)c5ccccc45)c4ccccc34)n2)cc1. The first kappa shape index (κ1) is 87.2. The number of rotatable bonds is 14. The second-order valence-corrected chi connectivity index (χ2v) is 38.7. The highest BCUT2D eigenvalue weighted by Crippen LogP contribution is 2.53. The highest BCUT2D eigenvalue weighted by molar-refractivity contribution is 6.28. The summed E-state index contributed by atoms with van der Waals surface area (Å²) >= 11 is 0. The molecule has 0 spiro atoms. The normalized spacial score (nSPS) is 12.0. The number of aromatic nitrogens is 9. The fourth-order valence-electron chi connectivity index (χ4n) is 24.0. The quantitative estimate of drug-likeness (QED) is 0.101. The van der Waals surface area contributed by atoms with Gasteiger partial charge in [0.1, 0.15) is 0 Å². The van der Waals surface area contributed by atoms with E-state index in [9.17, 15) is 0 Å². The zero-order valence-corrected chi connectivity index (χ0v) is 80.7. The van der Waals surface area contributed by atoms with Crippen molar-refractivity contribution in [1.29, 1.82) is 0 Å². The van der Waals surface area contributed by atoms with Crippen LogP contribution < -0.4 is 0 Å². The van der Waals surface area contributed by atoms with E-state index in [1.807, 2.05) is 36.4 Å². The molecule has 0 saturated heterocycles. The van der Waals surface area contributed by atoms with Crippen molar-refractivity contribution >= 4 is 147 Å². The molecule has 149 heavy (non-hydrogen) atoms. The van der Waals surface area contributed by atoms with Crippen LogP contribution in [-0.4, -0.2) is 43.2 Å². The Morgan fingerprint density at radius 1 is 0.195 bits per heavy atom. The molecule has 6 aromatic heterocycles. The Kier molecular flexibility index (Phi) is 20.9. The molecule has 698 valence electrons. The number of para-hydroxylation sites is 6. The van der Waals surface area contributed by atoms with Crippen LogP contribution in [0.1, 0.15) is 24.1 Å². The summed E-state index contributed by atoms with van der Waals surface area (Å²) < 4.78 is 9.80. The fraction of sp³-hybridized carbons (Fsp3) is 0.0214. The number of allylic oxidation sites excluding steroid dienone is 1. The second-order valence-electron chi connectivity index (χ2n) is 38.7. The van der Waals surface area contributed by atoms with Crippen molar-refractivity contribution in [3.05, 3.63) is 520 Å². The average molecular weight is 1900 g/mol. The highest BCUT2D eigenvalue weighted by atomic mass is 15.0. The predicted octanol–water partition coefficient (Wildman–Crippen LogP) is 36.7. The largest absolute Gasteiger partial charge is 0.309 e. The van der Waals surface area contributed by atoms with Gasteiger partial charge in [0, 0.05) is 104 Å². The number of fused-ring (bicyclic) bond motifs is 16. The third-order valence-corrected chi connectivity index (χ3v) is 30.3. The van der Waals surface area contributed by atoms with Crippen molar-refractivity contribution in [2.45, 2.75) is 20.8 Å². The Hall–Kier alpha value is -19.6. The number of nitrogens with zero attached hydrogens (tertiary/aromatic N) is 9. The van der Waals surface area contributed by atoms with Crippen LogP contribution in [0, 0.1) is 6.92 Å². The maximum absolute atomic E-state index is 5.36. The Morgan fingerprint density at radius 3 is 1.09 bits per heavy atom. The van der Waals surface area contributed by atoms with Gasteiger partial charge in [0.15, 0.2) is 23.3 Å². The van der Waals surface area contributed by atoms with Gasteiger partial charge in [0.2, 0.25) is 0 Å². The van der Waals surface area contributed by atoms with Gasteiger partial charge in [-0.2, -0.15) is 0 Å². The van der Waals surface area contributed by atoms with Crippen molar-refractivity contribution in [2.24, 2.45) is 0 Å². The highest BCUT2D eigenvalue weighted by Gasteiger charge is 2.30. The van der Waals surface area contributed by atoms with Gasteiger partial charge in [-0.05, 0) is 227 Å². The Balaban J connectivity index is 0.000000143. The summed E-state index contributed by atoms with van der Waals surface area (Å²) in [5.41, 5.74) is 35.0. The van der Waals surface area contributed by atoms with Gasteiger partial charge < -0.3 is 18.3 Å². The lowest BCUT2D eigenvalue weighted by Crippen LogP contribution is -2.01. The minimum atomic E-state index is 0. The van der Waals surface area contributed by atoms with E-state index in [1.54, 1.807) is 0 Å². The number of benzene rings is 23. The maximum atomic E-state index is 5.36. The summed E-state index contributed by atoms with van der Waals surface area (Å²) in [6.45, 7) is 2.22. The number of aryl methyl sites for hydroxylation is 1. The first-order valence-corrected chi connectivity index (χ1v) is 50.7. The van der Waals surface area contributed by atoms with Crippen LogP contribution >= 0.6 is 0 Å². The van der Waals surface area contributed by atoms with E-state index in [0.717, 1.165) is 123 Å². The van der Waals surface area contributed by atoms with E-state index in [4.69, 9.17) is 24.9 Å². The van der Waals surface area contributed by atoms with Crippen LogP contribution in [0.25, 0.3) is 282 Å². The summed E-state index contributed by atoms with van der Waals surface area (Å²) in [7, 11) is 0. The number of hydrogen-bond acceptors (Lipinski definition) is 5. The first-order valence-electron chi connectivity index (χ1n) is 50.7. The molecule has 0 radical (unpaired) electrons. The van der Waals surface area contributed by atoms with Crippen LogP contribution in [0.2, 0.25) is 0 Å². The molecule has 23 aromatic carbocycles. The van der Waals surface area contributed by atoms with Crippen molar-refractivity contribution in [1.82, 2.24) is 43.2 Å². The molecular weight excluding hydrogens is 1810 g/mol. The summed E-state index contributed by atoms with van der Waals surface area (Å²) in [5.74, 6) is 2.63. The smallest absolute Gasteiger partial charge is 0.165 e. The molecular formula is C140H93N9. The molecule has 6 heterocycles. The lowest BCUT2D eigenvalue weighted by atomic mass is 9.85. The summed E-state index contributed by atoms with van der Waals surface area (Å²) in [6.07, 6.45) is 5.44. The Bertz CT molecular complexity index is 10300. The van der Waals surface area contributed by atoms with Gasteiger partial charge in [-0.3, -0.25) is 0 Å². The van der Waals surface area contributed by atoms with E-state index in [-0.39, 0.29) is 7.43 Å². The molecule has 9 nitrogen and oxygen atoms in total. The predicted molar refractivity (Wildman–Crippen MR) is 625 cm³/mol. The van der Waals surface area contributed by atoms with Gasteiger partial charge >= 0.3 is 0 Å². The van der Waals surface area contributed by atoms with E-state index < -0.39 is 0 Å². The lowest BCUT2D eigenvalue weighted by Gasteiger charge is -2.20. The topological polar surface area (TPSA) is 84.2 Å². The standard InChI is InChI=1S/C73H45N5.C66H44N4.CH4/c1-4-23-46(24-5-1)71-74-72(47-25-6-2-7-26-47)76-73(75-71)69-53-32-12-10-30-51(53)66(52-31-11-13-33-54(52)69)48-43-44-64-61(45-48)50-29-18-20-40-62(50)78(64)70-57-36-16-14-34-55(57)67(56-35-15-17-37-58(56)70)60-39-22-42-65-68(60)59-38-19-21-41-63(59)77(65)49-27-8-3-9-28-49;1-42-36-47(50-28-17-33-63-65(50)54-27-12-14-32-61(54)69(63)48-24-9-4-10-25-48)38-49(37-42)70-60-31-13-11-26-51(60)56-39-46(34-35-62(56)70)55-40-57(53-30-16-23-45-22-15-29-52(55)64(45)53)66-67-58(43-18-5-2-6-19-43)41-59(68-66)44-20-7-3-8-21-44;/h1-45H;2-22,24-41H,23H2,1H3;1H4. The third-order valence-electron chi connectivity index (χ3n) is 30.3. The molecule has 0 bridgehead atoms. The van der Waals surface area contributed by atoms with Gasteiger partial charge in [-0.25, -0.2) is 24.9 Å². The molecule has 0 fully saturated rings. The molecule has 0 unspecified atom stereocenters. The molecule has 9 heteroatoms. The van der Waals surface area contributed by atoms with Crippen molar-refractivity contribution in [2.75, 3.05) is 0 Å². The Labute approximate surface area is 860 Å². The first-order chi connectivity index (χ1) is 73.4. The van der Waals surface area contributed by atoms with Gasteiger partial charge in [0.25, 0.3) is 0 Å². The lowest BCUT2D eigenvalue weighted by molar-refractivity contribution is 1.08. The minimum Gasteiger partial charge on any atom is -0.309 e. The average Bonchev–Trinajstić information content (AvgIpc) is 1.56. The molecule has 0 N–H and O–H groups in total. The summed E-state index contributed by atoms with van der Waals surface area (Å²) in [4.78, 5) is 26.4. The molecule has 29 aromatic rings. The zero-order valence-electron chi connectivity index (χ0n) is 80.7. The van der Waals surface area contributed by atoms with Crippen LogP contribution in [-0.2, 0) is 6.42 Å². The summed E-state index contributed by atoms with van der Waals surface area (Å²) in [5, 5.41) is 21.5. The molecule has 0 aliphatic heterocycles. The van der Waals surface area contributed by atoms with Gasteiger partial charge in [-0.1, -0.05) is 408 Å². The van der Waals surface area contributed by atoms with Crippen molar-refractivity contribution < 1.29 is 0 Å². The van der Waals surface area contributed by atoms with Gasteiger partial charge in [0.05, 0.1) is 61.2 Å². The second kappa shape index (κ2) is 35.8. The van der Waals surface area contributed by atoms with E-state index in [0.29, 0.717) is 23.3 Å². The molecule has 0 atom stereocenters. The van der Waals surface area contributed by atoms with E-state index >= 15 is 0 Å². The molecule has 0 saturated carbocycles. The van der Waals surface area contributed by atoms with Crippen molar-refractivity contribution in [3.63, 3.8) is 0 Å². The Morgan fingerprint density at radius 2 is 0.570 bits per heavy atom. The van der Waals surface area contributed by atoms with Crippen molar-refractivity contribution in [3.8, 4) is 135 Å².